The summed E-state index contributed by atoms with van der Waals surface area (Å²) in [5.41, 5.74) is -0.230. The van der Waals surface area contributed by atoms with Crippen LogP contribution in [0.2, 0.25) is 18.1 Å². The molecule has 2 aliphatic heterocycles. The number of hydrogen-bond acceptors (Lipinski definition) is 7. The molecule has 6 aliphatic carbocycles. The fraction of sp³-hybridized carbons (Fsp3) is 1.00. The first-order valence-corrected chi connectivity index (χ1v) is 24.7. The summed E-state index contributed by atoms with van der Waals surface area (Å²) in [5.74, 6) is 2.08. The molecule has 2 saturated heterocycles. The first-order valence-electron chi connectivity index (χ1n) is 22.2. The number of rotatable bonds is 10. The van der Waals surface area contributed by atoms with E-state index in [1.165, 1.54) is 57.8 Å². The van der Waals surface area contributed by atoms with Gasteiger partial charge in [-0.2, -0.15) is 0 Å². The van der Waals surface area contributed by atoms with Crippen molar-refractivity contribution in [2.45, 2.75) is 206 Å². The molecule has 7 nitrogen and oxygen atoms in total. The Hall–Kier alpha value is -0.0631. The molecule has 2 spiro atoms. The zero-order chi connectivity index (χ0) is 37.3. The monoisotopic (exact) mass is 744 g/mol. The highest BCUT2D eigenvalue weighted by molar-refractivity contribution is 6.73. The molecule has 52 heavy (non-hydrogen) atoms. The van der Waals surface area contributed by atoms with Crippen LogP contribution in [0.5, 0.6) is 0 Å². The number of morpholine rings is 1. The molecule has 2 N–H and O–H groups in total. The Morgan fingerprint density at radius 3 is 2.23 bits per heavy atom. The molecule has 1 unspecified atom stereocenters. The van der Waals surface area contributed by atoms with Gasteiger partial charge in [0.1, 0.15) is 6.10 Å². The molecule has 0 bridgehead atoms. The molecule has 8 fully saturated rings. The van der Waals surface area contributed by atoms with Gasteiger partial charge in [0, 0.05) is 24.5 Å². The smallest absolute Gasteiger partial charge is 0.192 e. The topological polar surface area (TPSA) is 80.6 Å². The molecule has 0 amide bonds. The van der Waals surface area contributed by atoms with Crippen LogP contribution in [0.15, 0.2) is 0 Å². The molecule has 8 aliphatic rings. The largest absolute Gasteiger partial charge is 0.411 e. The van der Waals surface area contributed by atoms with E-state index in [1.807, 2.05) is 0 Å². The van der Waals surface area contributed by atoms with Crippen molar-refractivity contribution < 1.29 is 28.8 Å². The van der Waals surface area contributed by atoms with Crippen molar-refractivity contribution in [3.05, 3.63) is 0 Å². The molecule has 8 rings (SSSR count). The molecular weight excluding hydrogens is 667 g/mol. The number of nitrogens with zero attached hydrogens (tertiary/aromatic N) is 1. The van der Waals surface area contributed by atoms with E-state index in [0.717, 1.165) is 56.7 Å². The summed E-state index contributed by atoms with van der Waals surface area (Å²) in [6.07, 6.45) is 12.6. The fourth-order valence-corrected chi connectivity index (χ4v) is 18.5. The van der Waals surface area contributed by atoms with Gasteiger partial charge in [-0.05, 0) is 142 Å². The van der Waals surface area contributed by atoms with E-state index < -0.39 is 20.0 Å². The minimum Gasteiger partial charge on any atom is -0.411 e. The van der Waals surface area contributed by atoms with Crippen molar-refractivity contribution in [2.24, 2.45) is 50.7 Å². The second-order valence-corrected chi connectivity index (χ2v) is 26.2. The number of fused-ring (bicyclic) bond motifs is 4. The Morgan fingerprint density at radius 1 is 0.923 bits per heavy atom. The van der Waals surface area contributed by atoms with Crippen LogP contribution in [0.3, 0.4) is 0 Å². The molecule has 2 heterocycles. The van der Waals surface area contributed by atoms with Crippen LogP contribution in [0.1, 0.15) is 140 Å². The second-order valence-electron chi connectivity index (χ2n) is 21.5. The van der Waals surface area contributed by atoms with Crippen LogP contribution >= 0.6 is 0 Å². The van der Waals surface area contributed by atoms with Gasteiger partial charge in [0.2, 0.25) is 0 Å². The van der Waals surface area contributed by atoms with Gasteiger partial charge < -0.3 is 28.8 Å². The Labute approximate surface area is 318 Å². The zero-order valence-electron chi connectivity index (χ0n) is 34.8. The Bertz CT molecular complexity index is 1320. The van der Waals surface area contributed by atoms with Crippen LogP contribution in [-0.4, -0.2) is 91.6 Å². The van der Waals surface area contributed by atoms with E-state index in [4.69, 9.17) is 18.6 Å². The van der Waals surface area contributed by atoms with E-state index in [9.17, 15) is 10.2 Å². The minimum atomic E-state index is -2.01. The zero-order valence-corrected chi connectivity index (χ0v) is 35.8. The normalized spacial score (nSPS) is 49.5. The summed E-state index contributed by atoms with van der Waals surface area (Å²) in [6, 6.07) is 4.14. The maximum atomic E-state index is 11.5. The molecule has 8 heteroatoms. The van der Waals surface area contributed by atoms with Crippen LogP contribution in [0.4, 0.5) is 0 Å². The number of aliphatic hydroxyl groups excluding tert-OH is 1. The van der Waals surface area contributed by atoms with Gasteiger partial charge in [0.25, 0.3) is 0 Å². The van der Waals surface area contributed by atoms with Crippen molar-refractivity contribution in [1.82, 2.24) is 4.90 Å². The van der Waals surface area contributed by atoms with E-state index in [2.05, 4.69) is 60.3 Å². The lowest BCUT2D eigenvalue weighted by Crippen LogP contribution is -2.61. The van der Waals surface area contributed by atoms with E-state index in [-0.39, 0.29) is 47.0 Å². The molecule has 0 aromatic heterocycles. The second kappa shape index (κ2) is 13.0. The predicted octanol–water partition coefficient (Wildman–Crippen LogP) is 8.56. The molecule has 0 aromatic rings. The van der Waals surface area contributed by atoms with Crippen molar-refractivity contribution in [3.63, 3.8) is 0 Å². The fourth-order valence-electron chi connectivity index (χ4n) is 15.6. The molecular formula is C44H77NO6Si. The lowest BCUT2D eigenvalue weighted by atomic mass is 9.41. The van der Waals surface area contributed by atoms with Gasteiger partial charge in [-0.15, -0.1) is 0 Å². The summed E-state index contributed by atoms with van der Waals surface area (Å²) in [6.45, 7) is 26.2. The molecule has 0 radical (unpaired) electrons. The lowest BCUT2D eigenvalue weighted by Gasteiger charge is -2.64. The third-order valence-electron chi connectivity index (χ3n) is 19.1. The standard InChI is InChI=1S/C44H77NO6Si/c1-11-52(12-2,13-3)51-38-36-35(28(4)25-30(49-36)37(46)40(7,8)47)41(9)21-22-44-27-43(44)20-19-33(39(5,6)31(43)17-18-32(44)42(38,41)10)50-34-26-45(23-24-48-34)29-15-14-16-29/h28-38,46-47H,11-27H2,1-10H3/t28-,30-,31+,32+,33+,34+,35+,36+,37+,38+,41-,42-,43-,44?/m1/s1. The van der Waals surface area contributed by atoms with Crippen molar-refractivity contribution in [2.75, 3.05) is 19.7 Å². The first-order chi connectivity index (χ1) is 24.5. The average molecular weight is 744 g/mol. The van der Waals surface area contributed by atoms with Crippen LogP contribution in [-0.2, 0) is 18.6 Å². The van der Waals surface area contributed by atoms with Gasteiger partial charge >= 0.3 is 0 Å². The Morgan fingerprint density at radius 2 is 1.60 bits per heavy atom. The number of ether oxygens (including phenoxy) is 3. The van der Waals surface area contributed by atoms with Crippen molar-refractivity contribution >= 4 is 8.32 Å². The third-order valence-corrected chi connectivity index (χ3v) is 23.7. The van der Waals surface area contributed by atoms with Crippen LogP contribution < -0.4 is 0 Å². The third kappa shape index (κ3) is 5.32. The van der Waals surface area contributed by atoms with E-state index in [1.54, 1.807) is 13.8 Å². The molecule has 6 saturated carbocycles. The van der Waals surface area contributed by atoms with Crippen LogP contribution in [0, 0.1) is 50.7 Å². The van der Waals surface area contributed by atoms with Gasteiger partial charge in [-0.3, -0.25) is 4.90 Å². The highest BCUT2D eigenvalue weighted by atomic mass is 28.4. The molecule has 0 aromatic carbocycles. The lowest BCUT2D eigenvalue weighted by molar-refractivity contribution is -0.252. The van der Waals surface area contributed by atoms with Crippen molar-refractivity contribution in [1.29, 1.82) is 0 Å². The first kappa shape index (κ1) is 38.8. The summed E-state index contributed by atoms with van der Waals surface area (Å²) >= 11 is 0. The molecule has 298 valence electrons. The number of hydrogen-bond donors (Lipinski definition) is 2. The summed E-state index contributed by atoms with van der Waals surface area (Å²) in [7, 11) is -2.01. The van der Waals surface area contributed by atoms with Gasteiger partial charge in [0.05, 0.1) is 36.6 Å². The number of aliphatic hydroxyl groups is 2. The summed E-state index contributed by atoms with van der Waals surface area (Å²) in [5, 5.41) is 22.4. The maximum Gasteiger partial charge on any atom is 0.192 e. The summed E-state index contributed by atoms with van der Waals surface area (Å²) < 4.78 is 28.5. The predicted molar refractivity (Wildman–Crippen MR) is 208 cm³/mol. The van der Waals surface area contributed by atoms with Gasteiger partial charge in [-0.1, -0.05) is 61.8 Å². The quantitative estimate of drug-likeness (QED) is 0.217. The van der Waals surface area contributed by atoms with Crippen molar-refractivity contribution in [3.8, 4) is 0 Å². The van der Waals surface area contributed by atoms with Gasteiger partial charge in [0.15, 0.2) is 14.6 Å². The van der Waals surface area contributed by atoms with Gasteiger partial charge in [-0.25, -0.2) is 0 Å². The SMILES string of the molecule is CC[Si](CC)(CC)O[C@H]1[C@H]2O[C@@H]([C@H](O)C(C)(C)O)C[C@@H](C)[C@@H]2[C@@]2(C)CCC34C[C@@]35CC[C@H](O[C@H]3CN(C6CCC6)CCO3)C(C)(C)[C@@H]5CC[C@H]4[C@]12C. The Kier molecular flexibility index (Phi) is 9.68. The van der Waals surface area contributed by atoms with E-state index >= 15 is 0 Å². The highest BCUT2D eigenvalue weighted by Crippen LogP contribution is 2.89. The van der Waals surface area contributed by atoms with Crippen LogP contribution in [0.25, 0.3) is 0 Å². The Balaban J connectivity index is 1.10. The van der Waals surface area contributed by atoms with E-state index in [0.29, 0.717) is 34.5 Å². The maximum absolute atomic E-state index is 11.5. The highest BCUT2D eigenvalue weighted by Gasteiger charge is 2.85. The average Bonchev–Trinajstić information content (AvgIpc) is 3.70. The summed E-state index contributed by atoms with van der Waals surface area (Å²) in [4.78, 5) is 2.65. The molecule has 14 atom stereocenters. The minimum absolute atomic E-state index is 0.00589.